The highest BCUT2D eigenvalue weighted by molar-refractivity contribution is 8.00. The standard InChI is InChI=1S/C12H25NS/c1-10-6-9-14-12(5,13-10)8-7-11(2,3)4/h10,13H,6-9H2,1-5H3. The minimum Gasteiger partial charge on any atom is -0.300 e. The van der Waals surface area contributed by atoms with Crippen molar-refractivity contribution in [2.45, 2.75) is 64.8 Å². The van der Waals surface area contributed by atoms with Crippen molar-refractivity contribution in [3.8, 4) is 0 Å². The first-order chi connectivity index (χ1) is 6.31. The Morgan fingerprint density at radius 2 is 2.07 bits per heavy atom. The van der Waals surface area contributed by atoms with Crippen LogP contribution in [0.4, 0.5) is 0 Å². The van der Waals surface area contributed by atoms with Gasteiger partial charge in [-0.05, 0) is 44.3 Å². The van der Waals surface area contributed by atoms with Crippen molar-refractivity contribution in [1.82, 2.24) is 5.32 Å². The molecule has 2 unspecified atom stereocenters. The zero-order valence-corrected chi connectivity index (χ0v) is 11.1. The van der Waals surface area contributed by atoms with E-state index in [4.69, 9.17) is 0 Å². The first-order valence-electron chi connectivity index (χ1n) is 5.72. The third-order valence-corrected chi connectivity index (χ3v) is 4.27. The van der Waals surface area contributed by atoms with Crippen LogP contribution in [-0.2, 0) is 0 Å². The van der Waals surface area contributed by atoms with Gasteiger partial charge in [-0.25, -0.2) is 0 Å². The molecule has 0 bridgehead atoms. The molecule has 1 aliphatic rings. The van der Waals surface area contributed by atoms with Crippen LogP contribution in [-0.4, -0.2) is 16.7 Å². The van der Waals surface area contributed by atoms with Crippen LogP contribution in [0.3, 0.4) is 0 Å². The Morgan fingerprint density at radius 1 is 1.43 bits per heavy atom. The van der Waals surface area contributed by atoms with Crippen molar-refractivity contribution in [2.24, 2.45) is 5.41 Å². The van der Waals surface area contributed by atoms with Crippen molar-refractivity contribution < 1.29 is 0 Å². The summed E-state index contributed by atoms with van der Waals surface area (Å²) in [5, 5.41) is 3.73. The predicted molar refractivity (Wildman–Crippen MR) is 66.8 cm³/mol. The molecule has 2 heteroatoms. The van der Waals surface area contributed by atoms with Gasteiger partial charge in [-0.3, -0.25) is 0 Å². The van der Waals surface area contributed by atoms with E-state index < -0.39 is 0 Å². The first kappa shape index (κ1) is 12.4. The van der Waals surface area contributed by atoms with Gasteiger partial charge in [0.1, 0.15) is 0 Å². The Morgan fingerprint density at radius 3 is 2.57 bits per heavy atom. The Labute approximate surface area is 93.4 Å². The summed E-state index contributed by atoms with van der Waals surface area (Å²) < 4.78 is 0. The second kappa shape index (κ2) is 4.44. The molecule has 1 aliphatic heterocycles. The van der Waals surface area contributed by atoms with E-state index in [9.17, 15) is 0 Å². The van der Waals surface area contributed by atoms with E-state index in [0.29, 0.717) is 16.3 Å². The quantitative estimate of drug-likeness (QED) is 0.754. The summed E-state index contributed by atoms with van der Waals surface area (Å²) >= 11 is 2.10. The maximum atomic E-state index is 3.73. The van der Waals surface area contributed by atoms with Gasteiger partial charge >= 0.3 is 0 Å². The molecule has 14 heavy (non-hydrogen) atoms. The lowest BCUT2D eigenvalue weighted by atomic mass is 9.88. The Hall–Kier alpha value is 0.310. The molecule has 0 aliphatic carbocycles. The lowest BCUT2D eigenvalue weighted by molar-refractivity contribution is 0.304. The Balaban J connectivity index is 2.41. The van der Waals surface area contributed by atoms with Gasteiger partial charge in [0.2, 0.25) is 0 Å². The van der Waals surface area contributed by atoms with Crippen LogP contribution in [0, 0.1) is 5.41 Å². The lowest BCUT2D eigenvalue weighted by Crippen LogP contribution is -2.48. The van der Waals surface area contributed by atoms with Crippen LogP contribution < -0.4 is 5.32 Å². The largest absolute Gasteiger partial charge is 0.300 e. The molecular weight excluding hydrogens is 190 g/mol. The molecule has 1 N–H and O–H groups in total. The molecule has 0 radical (unpaired) electrons. The van der Waals surface area contributed by atoms with Gasteiger partial charge in [0.15, 0.2) is 0 Å². The SMILES string of the molecule is CC1CCSC(C)(CCC(C)(C)C)N1. The molecule has 0 aromatic rings. The average Bonchev–Trinajstić information content (AvgIpc) is 1.99. The second-order valence-electron chi connectivity index (χ2n) is 5.97. The van der Waals surface area contributed by atoms with E-state index >= 15 is 0 Å². The predicted octanol–water partition coefficient (Wildman–Crippen LogP) is 3.64. The van der Waals surface area contributed by atoms with E-state index in [0.717, 1.165) is 0 Å². The van der Waals surface area contributed by atoms with Crippen molar-refractivity contribution in [3.05, 3.63) is 0 Å². The number of rotatable bonds is 2. The molecular formula is C12H25NS. The van der Waals surface area contributed by atoms with E-state index in [-0.39, 0.29) is 0 Å². The van der Waals surface area contributed by atoms with Gasteiger partial charge in [-0.1, -0.05) is 20.8 Å². The summed E-state index contributed by atoms with van der Waals surface area (Å²) in [6.07, 6.45) is 3.90. The summed E-state index contributed by atoms with van der Waals surface area (Å²) in [6, 6.07) is 0.696. The smallest absolute Gasteiger partial charge is 0.0618 e. The molecule has 1 heterocycles. The Bertz CT molecular complexity index is 185. The molecule has 84 valence electrons. The normalized spacial score (nSPS) is 34.5. The Kier molecular flexibility index (Phi) is 3.93. The average molecular weight is 215 g/mol. The summed E-state index contributed by atoms with van der Waals surface area (Å²) in [5.41, 5.74) is 0.464. The molecule has 0 amide bonds. The lowest BCUT2D eigenvalue weighted by Gasteiger charge is -2.39. The number of nitrogens with one attached hydrogen (secondary N) is 1. The summed E-state index contributed by atoms with van der Waals surface area (Å²) in [4.78, 5) is 0.324. The third kappa shape index (κ3) is 4.22. The van der Waals surface area contributed by atoms with Crippen molar-refractivity contribution in [2.75, 3.05) is 5.75 Å². The van der Waals surface area contributed by atoms with E-state index in [2.05, 4.69) is 51.7 Å². The molecule has 1 saturated heterocycles. The zero-order chi connectivity index (χ0) is 10.8. The van der Waals surface area contributed by atoms with Crippen LogP contribution in [0.5, 0.6) is 0 Å². The number of hydrogen-bond donors (Lipinski definition) is 1. The second-order valence-corrected chi connectivity index (χ2v) is 7.57. The molecule has 1 rings (SSSR count). The fourth-order valence-electron chi connectivity index (χ4n) is 1.85. The number of thioether (sulfide) groups is 1. The van der Waals surface area contributed by atoms with E-state index in [1.165, 1.54) is 25.0 Å². The van der Waals surface area contributed by atoms with Crippen LogP contribution in [0.25, 0.3) is 0 Å². The van der Waals surface area contributed by atoms with Crippen molar-refractivity contribution in [3.63, 3.8) is 0 Å². The topological polar surface area (TPSA) is 12.0 Å². The highest BCUT2D eigenvalue weighted by Crippen LogP contribution is 2.35. The fourth-order valence-corrected chi connectivity index (χ4v) is 3.31. The maximum absolute atomic E-state index is 3.73. The number of hydrogen-bond acceptors (Lipinski definition) is 2. The minimum atomic E-state index is 0.324. The summed E-state index contributed by atoms with van der Waals surface area (Å²) in [6.45, 7) is 11.6. The van der Waals surface area contributed by atoms with E-state index in [1.54, 1.807) is 0 Å². The first-order valence-corrected chi connectivity index (χ1v) is 6.71. The molecule has 0 saturated carbocycles. The molecule has 0 spiro atoms. The third-order valence-electron chi connectivity index (χ3n) is 2.88. The van der Waals surface area contributed by atoms with E-state index in [1.807, 2.05) is 0 Å². The van der Waals surface area contributed by atoms with Crippen LogP contribution >= 0.6 is 11.8 Å². The van der Waals surface area contributed by atoms with Gasteiger partial charge in [0.25, 0.3) is 0 Å². The van der Waals surface area contributed by atoms with Gasteiger partial charge in [0, 0.05) is 6.04 Å². The zero-order valence-electron chi connectivity index (χ0n) is 10.3. The van der Waals surface area contributed by atoms with Crippen LogP contribution in [0.1, 0.15) is 53.9 Å². The van der Waals surface area contributed by atoms with Gasteiger partial charge in [-0.15, -0.1) is 11.8 Å². The van der Waals surface area contributed by atoms with Crippen molar-refractivity contribution in [1.29, 1.82) is 0 Å². The molecule has 1 fully saturated rings. The minimum absolute atomic E-state index is 0.324. The van der Waals surface area contributed by atoms with Crippen LogP contribution in [0.2, 0.25) is 0 Å². The van der Waals surface area contributed by atoms with Crippen molar-refractivity contribution >= 4 is 11.8 Å². The maximum Gasteiger partial charge on any atom is 0.0618 e. The summed E-state index contributed by atoms with van der Waals surface area (Å²) in [5.74, 6) is 1.31. The van der Waals surface area contributed by atoms with Gasteiger partial charge < -0.3 is 5.32 Å². The van der Waals surface area contributed by atoms with Gasteiger partial charge in [0.05, 0.1) is 4.87 Å². The summed E-state index contributed by atoms with van der Waals surface area (Å²) in [7, 11) is 0. The molecule has 2 atom stereocenters. The fraction of sp³-hybridized carbons (Fsp3) is 1.00. The highest BCUT2D eigenvalue weighted by atomic mass is 32.2. The van der Waals surface area contributed by atoms with Gasteiger partial charge in [-0.2, -0.15) is 0 Å². The monoisotopic (exact) mass is 215 g/mol. The molecule has 0 aromatic carbocycles. The molecule has 1 nitrogen and oxygen atoms in total. The highest BCUT2D eigenvalue weighted by Gasteiger charge is 2.31. The van der Waals surface area contributed by atoms with Crippen LogP contribution in [0.15, 0.2) is 0 Å². The molecule has 0 aromatic heterocycles.